The number of rotatable bonds is 3. The molecule has 0 atom stereocenters. The lowest BCUT2D eigenvalue weighted by Gasteiger charge is -2.56. The number of H-pyrrole nitrogens is 1. The fourth-order valence-corrected chi connectivity index (χ4v) is 5.40. The van der Waals surface area contributed by atoms with Gasteiger partial charge in [0.15, 0.2) is 0 Å². The highest BCUT2D eigenvalue weighted by atomic mass is 16.1. The van der Waals surface area contributed by atoms with Crippen molar-refractivity contribution in [2.75, 3.05) is 5.43 Å². The van der Waals surface area contributed by atoms with Crippen LogP contribution in [-0.4, -0.2) is 15.2 Å². The van der Waals surface area contributed by atoms with Gasteiger partial charge in [-0.3, -0.25) is 15.2 Å². The van der Waals surface area contributed by atoms with Crippen LogP contribution >= 0.6 is 0 Å². The summed E-state index contributed by atoms with van der Waals surface area (Å²) in [6.07, 6.45) is 8.85. The van der Waals surface area contributed by atoms with Gasteiger partial charge < -0.3 is 0 Å². The van der Waals surface area contributed by atoms with Crippen molar-refractivity contribution in [3.05, 3.63) is 16.0 Å². The van der Waals surface area contributed by atoms with Crippen LogP contribution in [0.5, 0.6) is 0 Å². The van der Waals surface area contributed by atoms with E-state index in [4.69, 9.17) is 5.84 Å². The van der Waals surface area contributed by atoms with E-state index in [-0.39, 0.29) is 11.5 Å². The number of nitrogens with one attached hydrogen (secondary N) is 2. The van der Waals surface area contributed by atoms with Gasteiger partial charge in [-0.25, -0.2) is 5.84 Å². The molecular weight excluding hydrogens is 254 g/mol. The van der Waals surface area contributed by atoms with Crippen LogP contribution in [0, 0.1) is 23.2 Å². The molecule has 6 heteroatoms. The minimum atomic E-state index is -0.149. The molecule has 0 unspecified atom stereocenters. The highest BCUT2D eigenvalue weighted by Crippen LogP contribution is 2.60. The van der Waals surface area contributed by atoms with Gasteiger partial charge in [-0.15, -0.1) is 10.2 Å². The van der Waals surface area contributed by atoms with Gasteiger partial charge in [0.1, 0.15) is 5.69 Å². The molecule has 1 aromatic rings. The maximum atomic E-state index is 12.1. The second kappa shape index (κ2) is 4.28. The molecule has 0 aromatic carbocycles. The van der Waals surface area contributed by atoms with Crippen LogP contribution in [0.4, 0.5) is 5.95 Å². The van der Waals surface area contributed by atoms with Crippen molar-refractivity contribution in [3.63, 3.8) is 0 Å². The maximum absolute atomic E-state index is 12.1. The second-order valence-corrected chi connectivity index (χ2v) is 7.19. The van der Waals surface area contributed by atoms with E-state index in [2.05, 4.69) is 20.6 Å². The van der Waals surface area contributed by atoms with Crippen LogP contribution < -0.4 is 16.8 Å². The van der Waals surface area contributed by atoms with Crippen LogP contribution in [0.25, 0.3) is 0 Å². The first-order valence-corrected chi connectivity index (χ1v) is 7.58. The zero-order valence-electron chi connectivity index (χ0n) is 11.6. The van der Waals surface area contributed by atoms with Crippen LogP contribution in [0.1, 0.15) is 44.2 Å². The lowest BCUT2D eigenvalue weighted by Crippen LogP contribution is -2.47. The van der Waals surface area contributed by atoms with Crippen LogP contribution in [0.15, 0.2) is 4.79 Å². The van der Waals surface area contributed by atoms with Crippen molar-refractivity contribution >= 4 is 5.95 Å². The molecule has 0 saturated heterocycles. The number of nitrogen functional groups attached to an aromatic ring is 1. The summed E-state index contributed by atoms with van der Waals surface area (Å²) in [7, 11) is 0. The molecule has 1 heterocycles. The molecular formula is C14H21N5O. The average molecular weight is 275 g/mol. The number of aromatic nitrogens is 3. The number of hydrogen-bond donors (Lipinski definition) is 3. The fraction of sp³-hybridized carbons (Fsp3) is 0.786. The quantitative estimate of drug-likeness (QED) is 0.569. The Morgan fingerprint density at radius 2 is 1.75 bits per heavy atom. The summed E-state index contributed by atoms with van der Waals surface area (Å²) < 4.78 is 0. The summed E-state index contributed by atoms with van der Waals surface area (Å²) in [5, 5.41) is 8.00. The van der Waals surface area contributed by atoms with Crippen molar-refractivity contribution in [3.8, 4) is 0 Å². The summed E-state index contributed by atoms with van der Waals surface area (Å²) in [6.45, 7) is 0. The Morgan fingerprint density at radius 3 is 2.25 bits per heavy atom. The molecule has 0 radical (unpaired) electrons. The monoisotopic (exact) mass is 275 g/mol. The molecule has 0 spiro atoms. The van der Waals surface area contributed by atoms with E-state index in [1.807, 2.05) is 0 Å². The van der Waals surface area contributed by atoms with Crippen molar-refractivity contribution in [1.29, 1.82) is 0 Å². The van der Waals surface area contributed by atoms with Crippen LogP contribution in [-0.2, 0) is 6.42 Å². The third-order valence-electron chi connectivity index (χ3n) is 5.61. The molecule has 20 heavy (non-hydrogen) atoms. The lowest BCUT2D eigenvalue weighted by atomic mass is 9.48. The Balaban J connectivity index is 1.61. The van der Waals surface area contributed by atoms with E-state index < -0.39 is 0 Å². The van der Waals surface area contributed by atoms with Crippen molar-refractivity contribution in [2.45, 2.75) is 44.9 Å². The first-order valence-electron chi connectivity index (χ1n) is 7.58. The smallest absolute Gasteiger partial charge is 0.274 e. The Bertz CT molecular complexity index is 546. The van der Waals surface area contributed by atoms with E-state index in [1.54, 1.807) is 0 Å². The minimum absolute atomic E-state index is 0.149. The topological polar surface area (TPSA) is 96.7 Å². The summed E-state index contributed by atoms with van der Waals surface area (Å²) in [5.74, 6) is 8.12. The maximum Gasteiger partial charge on any atom is 0.274 e. The number of hydrogen-bond acceptors (Lipinski definition) is 5. The Kier molecular flexibility index (Phi) is 2.64. The molecule has 1 aromatic heterocycles. The molecule has 4 bridgehead atoms. The third kappa shape index (κ3) is 1.93. The third-order valence-corrected chi connectivity index (χ3v) is 5.61. The molecule has 4 N–H and O–H groups in total. The SMILES string of the molecule is NNc1nnc(CC23CC4CC(CC(C4)C2)C3)c(=O)[nH]1. The molecule has 6 nitrogen and oxygen atoms in total. The molecule has 4 saturated carbocycles. The van der Waals surface area contributed by atoms with Crippen LogP contribution in [0.3, 0.4) is 0 Å². The standard InChI is InChI=1S/C14H21N5O/c15-17-13-16-12(20)11(18-19-13)7-14-4-8-1-9(5-14)3-10(2-8)6-14/h8-10H,1-7,15H2,(H2,16,17,19,20). The average Bonchev–Trinajstić information content (AvgIpc) is 2.39. The lowest BCUT2D eigenvalue weighted by molar-refractivity contribution is -0.0529. The first-order chi connectivity index (χ1) is 9.66. The molecule has 4 aliphatic carbocycles. The first kappa shape index (κ1) is 12.3. The number of anilines is 1. The van der Waals surface area contributed by atoms with E-state index in [9.17, 15) is 4.79 Å². The molecule has 5 rings (SSSR count). The van der Waals surface area contributed by atoms with E-state index in [0.29, 0.717) is 11.1 Å². The molecule has 0 aliphatic heterocycles. The Morgan fingerprint density at radius 1 is 1.15 bits per heavy atom. The largest absolute Gasteiger partial charge is 0.293 e. The van der Waals surface area contributed by atoms with Gasteiger partial charge in [-0.05, 0) is 61.7 Å². The molecule has 4 aliphatic rings. The number of nitrogens with two attached hydrogens (primary N) is 1. The minimum Gasteiger partial charge on any atom is -0.293 e. The molecule has 4 fully saturated rings. The highest BCUT2D eigenvalue weighted by molar-refractivity contribution is 5.19. The van der Waals surface area contributed by atoms with Gasteiger partial charge in [-0.1, -0.05) is 0 Å². The predicted molar refractivity (Wildman–Crippen MR) is 74.8 cm³/mol. The van der Waals surface area contributed by atoms with Crippen LogP contribution in [0.2, 0.25) is 0 Å². The van der Waals surface area contributed by atoms with Gasteiger partial charge >= 0.3 is 0 Å². The highest BCUT2D eigenvalue weighted by Gasteiger charge is 2.51. The summed E-state index contributed by atoms with van der Waals surface area (Å²) >= 11 is 0. The van der Waals surface area contributed by atoms with Gasteiger partial charge in [0.25, 0.3) is 5.56 Å². The van der Waals surface area contributed by atoms with Crippen molar-refractivity contribution < 1.29 is 0 Å². The van der Waals surface area contributed by atoms with Gasteiger partial charge in [0.05, 0.1) is 0 Å². The van der Waals surface area contributed by atoms with E-state index in [1.165, 1.54) is 38.5 Å². The van der Waals surface area contributed by atoms with Crippen molar-refractivity contribution in [2.24, 2.45) is 29.0 Å². The summed E-state index contributed by atoms with van der Waals surface area (Å²) in [5.41, 5.74) is 3.06. The molecule has 0 amide bonds. The fourth-order valence-electron chi connectivity index (χ4n) is 5.40. The van der Waals surface area contributed by atoms with E-state index in [0.717, 1.165) is 24.2 Å². The Labute approximate surface area is 117 Å². The van der Waals surface area contributed by atoms with Crippen molar-refractivity contribution in [1.82, 2.24) is 15.2 Å². The normalized spacial score (nSPS) is 38.1. The number of hydrazine groups is 1. The summed E-state index contributed by atoms with van der Waals surface area (Å²) in [6, 6.07) is 0. The van der Waals surface area contributed by atoms with Gasteiger partial charge in [0, 0.05) is 6.42 Å². The van der Waals surface area contributed by atoms with E-state index >= 15 is 0 Å². The van der Waals surface area contributed by atoms with Gasteiger partial charge in [-0.2, -0.15) is 0 Å². The zero-order valence-corrected chi connectivity index (χ0v) is 11.6. The molecule has 108 valence electrons. The second-order valence-electron chi connectivity index (χ2n) is 7.19. The Hall–Kier alpha value is -1.43. The number of nitrogens with zero attached hydrogens (tertiary/aromatic N) is 2. The van der Waals surface area contributed by atoms with Gasteiger partial charge in [0.2, 0.25) is 5.95 Å². The number of aromatic amines is 1. The zero-order chi connectivity index (χ0) is 13.7. The summed E-state index contributed by atoms with van der Waals surface area (Å²) in [4.78, 5) is 14.7. The predicted octanol–water partition coefficient (Wildman–Crippen LogP) is 1.21.